The molecule has 1 heterocycles. The van der Waals surface area contributed by atoms with Gasteiger partial charge in [0.2, 0.25) is 0 Å². The van der Waals surface area contributed by atoms with Crippen molar-refractivity contribution in [3.05, 3.63) is 0 Å². The lowest BCUT2D eigenvalue weighted by Gasteiger charge is -2.22. The van der Waals surface area contributed by atoms with E-state index in [9.17, 15) is 8.42 Å². The van der Waals surface area contributed by atoms with Gasteiger partial charge in [0.1, 0.15) is 0 Å². The second-order valence-electron chi connectivity index (χ2n) is 2.92. The summed E-state index contributed by atoms with van der Waals surface area (Å²) in [6.07, 6.45) is 3.22. The van der Waals surface area contributed by atoms with Gasteiger partial charge < -0.3 is 5.32 Å². The molecule has 6 heteroatoms. The van der Waals surface area contributed by atoms with Crippen LogP contribution in [0.25, 0.3) is 0 Å². The molecule has 0 aromatic rings. The molecular formula is C6H14N2O3S. The van der Waals surface area contributed by atoms with Crippen LogP contribution in [0, 0.1) is 0 Å². The first-order valence-electron chi connectivity index (χ1n) is 3.98. The number of hydrogen-bond donors (Lipinski definition) is 2. The average Bonchev–Trinajstić information content (AvgIpc) is 2.02. The van der Waals surface area contributed by atoms with Gasteiger partial charge in [-0.1, -0.05) is 6.42 Å². The molecule has 0 aromatic carbocycles. The van der Waals surface area contributed by atoms with E-state index < -0.39 is 10.3 Å². The number of nitrogens with two attached hydrogens (primary N) is 1. The lowest BCUT2D eigenvalue weighted by Crippen LogP contribution is -2.38. The number of hydrogen-bond acceptors (Lipinski definition) is 4. The number of piperidine rings is 1. The molecule has 1 saturated heterocycles. The van der Waals surface area contributed by atoms with E-state index in [2.05, 4.69) is 14.6 Å². The van der Waals surface area contributed by atoms with Crippen LogP contribution in [0.3, 0.4) is 0 Å². The molecule has 1 aliphatic rings. The smallest absolute Gasteiger partial charge is 0.312 e. The Kier molecular flexibility index (Phi) is 3.45. The van der Waals surface area contributed by atoms with E-state index in [0.717, 1.165) is 25.8 Å². The SMILES string of the molecule is NS(=O)(=O)OCC1CCCCN1. The van der Waals surface area contributed by atoms with Gasteiger partial charge in [-0.05, 0) is 19.4 Å². The summed E-state index contributed by atoms with van der Waals surface area (Å²) in [5.41, 5.74) is 0. The van der Waals surface area contributed by atoms with Crippen molar-refractivity contribution in [3.63, 3.8) is 0 Å². The fourth-order valence-corrected chi connectivity index (χ4v) is 1.60. The lowest BCUT2D eigenvalue weighted by molar-refractivity contribution is 0.244. The van der Waals surface area contributed by atoms with Gasteiger partial charge in [-0.25, -0.2) is 5.14 Å². The highest BCUT2D eigenvalue weighted by molar-refractivity contribution is 7.84. The van der Waals surface area contributed by atoms with E-state index in [0.29, 0.717) is 0 Å². The molecule has 0 saturated carbocycles. The highest BCUT2D eigenvalue weighted by atomic mass is 32.2. The predicted octanol–water partition coefficient (Wildman–Crippen LogP) is -0.651. The summed E-state index contributed by atoms with van der Waals surface area (Å²) in [5, 5.41) is 7.82. The third kappa shape index (κ3) is 4.01. The fourth-order valence-electron chi connectivity index (χ4n) is 1.24. The van der Waals surface area contributed by atoms with Gasteiger partial charge >= 0.3 is 10.3 Å². The Hall–Kier alpha value is -0.170. The maximum Gasteiger partial charge on any atom is 0.333 e. The second kappa shape index (κ2) is 4.18. The Labute approximate surface area is 72.5 Å². The maximum absolute atomic E-state index is 10.4. The second-order valence-corrected chi connectivity index (χ2v) is 4.15. The maximum atomic E-state index is 10.4. The van der Waals surface area contributed by atoms with Crippen LogP contribution in [0.5, 0.6) is 0 Å². The zero-order valence-electron chi connectivity index (χ0n) is 6.82. The van der Waals surface area contributed by atoms with Crippen molar-refractivity contribution >= 4 is 10.3 Å². The average molecular weight is 194 g/mol. The first-order valence-corrected chi connectivity index (χ1v) is 5.45. The summed E-state index contributed by atoms with van der Waals surface area (Å²) in [5.74, 6) is 0. The Morgan fingerprint density at radius 3 is 2.75 bits per heavy atom. The van der Waals surface area contributed by atoms with Crippen molar-refractivity contribution < 1.29 is 12.6 Å². The van der Waals surface area contributed by atoms with Gasteiger partial charge in [-0.3, -0.25) is 4.18 Å². The lowest BCUT2D eigenvalue weighted by atomic mass is 10.1. The number of nitrogens with one attached hydrogen (secondary N) is 1. The topological polar surface area (TPSA) is 81.4 Å². The highest BCUT2D eigenvalue weighted by Crippen LogP contribution is 2.07. The fraction of sp³-hybridized carbons (Fsp3) is 1.00. The van der Waals surface area contributed by atoms with E-state index in [4.69, 9.17) is 0 Å². The zero-order chi connectivity index (χ0) is 9.03. The van der Waals surface area contributed by atoms with Crippen molar-refractivity contribution in [2.75, 3.05) is 13.2 Å². The molecule has 3 N–H and O–H groups in total. The molecule has 1 unspecified atom stereocenters. The minimum Gasteiger partial charge on any atom is -0.312 e. The van der Waals surface area contributed by atoms with Crippen LogP contribution in [-0.2, 0) is 14.5 Å². The normalized spacial score (nSPS) is 25.6. The molecule has 0 amide bonds. The summed E-state index contributed by atoms with van der Waals surface area (Å²) < 4.78 is 25.3. The van der Waals surface area contributed by atoms with Gasteiger partial charge in [-0.2, -0.15) is 8.42 Å². The molecule has 0 radical (unpaired) electrons. The van der Waals surface area contributed by atoms with E-state index in [-0.39, 0.29) is 12.6 Å². The van der Waals surface area contributed by atoms with Crippen LogP contribution >= 0.6 is 0 Å². The van der Waals surface area contributed by atoms with Crippen molar-refractivity contribution in [3.8, 4) is 0 Å². The van der Waals surface area contributed by atoms with Crippen molar-refractivity contribution in [2.45, 2.75) is 25.3 Å². The van der Waals surface area contributed by atoms with E-state index >= 15 is 0 Å². The summed E-state index contributed by atoms with van der Waals surface area (Å²) in [4.78, 5) is 0. The summed E-state index contributed by atoms with van der Waals surface area (Å²) in [6, 6.07) is 0.136. The van der Waals surface area contributed by atoms with Gasteiger partial charge in [0.05, 0.1) is 6.61 Å². The van der Waals surface area contributed by atoms with Crippen LogP contribution < -0.4 is 10.5 Å². The molecule has 1 aliphatic heterocycles. The summed E-state index contributed by atoms with van der Waals surface area (Å²) in [7, 11) is -3.76. The molecular weight excluding hydrogens is 180 g/mol. The van der Waals surface area contributed by atoms with Gasteiger partial charge in [0, 0.05) is 6.04 Å². The molecule has 0 aromatic heterocycles. The van der Waals surface area contributed by atoms with Crippen LogP contribution in [0.2, 0.25) is 0 Å². The molecule has 72 valence electrons. The Bertz CT molecular complexity index is 221. The Morgan fingerprint density at radius 2 is 2.25 bits per heavy atom. The molecule has 5 nitrogen and oxygen atoms in total. The van der Waals surface area contributed by atoms with Gasteiger partial charge in [0.25, 0.3) is 0 Å². The minimum absolute atomic E-state index is 0.136. The Morgan fingerprint density at radius 1 is 1.50 bits per heavy atom. The summed E-state index contributed by atoms with van der Waals surface area (Å²) >= 11 is 0. The molecule has 1 rings (SSSR count). The predicted molar refractivity (Wildman–Crippen MR) is 44.7 cm³/mol. The van der Waals surface area contributed by atoms with Crippen LogP contribution in [-0.4, -0.2) is 27.6 Å². The van der Waals surface area contributed by atoms with Gasteiger partial charge in [0.15, 0.2) is 0 Å². The van der Waals surface area contributed by atoms with Crippen molar-refractivity contribution in [1.82, 2.24) is 5.32 Å². The molecule has 0 spiro atoms. The van der Waals surface area contributed by atoms with Crippen molar-refractivity contribution in [2.24, 2.45) is 5.14 Å². The van der Waals surface area contributed by atoms with E-state index in [1.807, 2.05) is 0 Å². The third-order valence-electron chi connectivity index (χ3n) is 1.85. The quantitative estimate of drug-likeness (QED) is 0.625. The molecule has 1 atom stereocenters. The highest BCUT2D eigenvalue weighted by Gasteiger charge is 2.14. The number of rotatable bonds is 3. The molecule has 0 bridgehead atoms. The first kappa shape index (κ1) is 9.91. The van der Waals surface area contributed by atoms with E-state index in [1.54, 1.807) is 0 Å². The summed E-state index contributed by atoms with van der Waals surface area (Å²) in [6.45, 7) is 1.08. The standard InChI is InChI=1S/C6H14N2O3S/c7-12(9,10)11-5-6-3-1-2-4-8-6/h6,8H,1-5H2,(H2,7,9,10). The minimum atomic E-state index is -3.76. The van der Waals surface area contributed by atoms with Crippen LogP contribution in [0.4, 0.5) is 0 Å². The zero-order valence-corrected chi connectivity index (χ0v) is 7.64. The van der Waals surface area contributed by atoms with Crippen LogP contribution in [0.1, 0.15) is 19.3 Å². The Balaban J connectivity index is 2.22. The monoisotopic (exact) mass is 194 g/mol. The molecule has 12 heavy (non-hydrogen) atoms. The largest absolute Gasteiger partial charge is 0.333 e. The third-order valence-corrected chi connectivity index (χ3v) is 2.31. The molecule has 1 fully saturated rings. The van der Waals surface area contributed by atoms with Gasteiger partial charge in [-0.15, -0.1) is 0 Å². The first-order chi connectivity index (χ1) is 5.58. The molecule has 0 aliphatic carbocycles. The van der Waals surface area contributed by atoms with Crippen molar-refractivity contribution in [1.29, 1.82) is 0 Å². The van der Waals surface area contributed by atoms with E-state index in [1.165, 1.54) is 0 Å². The van der Waals surface area contributed by atoms with Crippen LogP contribution in [0.15, 0.2) is 0 Å².